The normalized spacial score (nSPS) is 15.4. The van der Waals surface area contributed by atoms with Gasteiger partial charge in [-0.1, -0.05) is 18.2 Å². The SMILES string of the molecule is CCN(CC(CCN1CCC(c2ccc(F)cc2)CC1)c1ccsc1)C(=O)c1cccc2ncn(CC(=O)OC(C)(C)C)c12. The molecule has 9 heteroatoms. The summed E-state index contributed by atoms with van der Waals surface area (Å²) in [5.41, 5.74) is 3.75. The van der Waals surface area contributed by atoms with Crippen LogP contribution in [-0.4, -0.2) is 69.6 Å². The van der Waals surface area contributed by atoms with Gasteiger partial charge >= 0.3 is 5.97 Å². The Morgan fingerprint density at radius 2 is 1.86 bits per heavy atom. The van der Waals surface area contributed by atoms with Crippen molar-refractivity contribution in [3.63, 3.8) is 0 Å². The number of hydrogen-bond acceptors (Lipinski definition) is 6. The Bertz CT molecular complexity index is 1540. The van der Waals surface area contributed by atoms with Gasteiger partial charge < -0.3 is 19.1 Å². The van der Waals surface area contributed by atoms with Crippen LogP contribution in [0.25, 0.3) is 11.0 Å². The maximum atomic E-state index is 14.1. The van der Waals surface area contributed by atoms with Crippen molar-refractivity contribution in [2.75, 3.05) is 32.7 Å². The van der Waals surface area contributed by atoms with E-state index in [0.29, 0.717) is 35.6 Å². The molecule has 0 radical (unpaired) electrons. The van der Waals surface area contributed by atoms with Gasteiger partial charge in [0.25, 0.3) is 5.91 Å². The quantitative estimate of drug-likeness (QED) is 0.168. The lowest BCUT2D eigenvalue weighted by atomic mass is 9.89. The average molecular weight is 619 g/mol. The third kappa shape index (κ3) is 7.93. The van der Waals surface area contributed by atoms with Crippen molar-refractivity contribution in [1.82, 2.24) is 19.4 Å². The molecule has 0 aliphatic carbocycles. The van der Waals surface area contributed by atoms with Gasteiger partial charge in [-0.3, -0.25) is 9.59 Å². The van der Waals surface area contributed by atoms with Crippen LogP contribution in [0, 0.1) is 5.82 Å². The molecule has 3 heterocycles. The Hall–Kier alpha value is -3.56. The number of ether oxygens (including phenoxy) is 1. The van der Waals surface area contributed by atoms with Crippen LogP contribution in [-0.2, 0) is 16.1 Å². The van der Waals surface area contributed by atoms with Crippen LogP contribution in [0.4, 0.5) is 4.39 Å². The van der Waals surface area contributed by atoms with Crippen LogP contribution >= 0.6 is 11.3 Å². The molecule has 5 rings (SSSR count). The lowest BCUT2D eigenvalue weighted by Gasteiger charge is -2.34. The summed E-state index contributed by atoms with van der Waals surface area (Å²) in [7, 11) is 0. The van der Waals surface area contributed by atoms with E-state index in [4.69, 9.17) is 4.74 Å². The summed E-state index contributed by atoms with van der Waals surface area (Å²) in [6.07, 6.45) is 4.68. The molecule has 1 saturated heterocycles. The van der Waals surface area contributed by atoms with Crippen LogP contribution in [0.5, 0.6) is 0 Å². The number of carbonyl (C=O) groups excluding carboxylic acids is 2. The van der Waals surface area contributed by atoms with Crippen molar-refractivity contribution in [3.8, 4) is 0 Å². The average Bonchev–Trinajstić information content (AvgIpc) is 3.68. The Balaban J connectivity index is 1.27. The number of benzene rings is 2. The van der Waals surface area contributed by atoms with Gasteiger partial charge in [0, 0.05) is 19.0 Å². The first-order valence-corrected chi connectivity index (χ1v) is 16.5. The van der Waals surface area contributed by atoms with Gasteiger partial charge in [-0.25, -0.2) is 9.37 Å². The maximum Gasteiger partial charge on any atom is 0.326 e. The standard InChI is InChI=1S/C35H43FN4O3S/c1-5-39(34(42)30-7-6-8-31-33(30)40(24-37-31)22-32(41)43-35(2,3)4)21-27(28-16-20-44-23-28)15-19-38-17-13-26(14-18-38)25-9-11-29(36)12-10-25/h6-12,16,20,23-24,26-27H,5,13-15,17-19,21-22H2,1-4H3. The molecule has 2 aromatic carbocycles. The summed E-state index contributed by atoms with van der Waals surface area (Å²) in [6, 6.07) is 14.7. The molecule has 1 aliphatic rings. The Morgan fingerprint density at radius 3 is 2.52 bits per heavy atom. The minimum Gasteiger partial charge on any atom is -0.459 e. The second-order valence-corrected chi connectivity index (χ2v) is 13.5. The number of para-hydroxylation sites is 1. The highest BCUT2D eigenvalue weighted by Crippen LogP contribution is 2.30. The second kappa shape index (κ2) is 14.0. The van der Waals surface area contributed by atoms with Crippen LogP contribution < -0.4 is 0 Å². The molecular weight excluding hydrogens is 575 g/mol. The molecule has 1 unspecified atom stereocenters. The van der Waals surface area contributed by atoms with E-state index >= 15 is 0 Å². The summed E-state index contributed by atoms with van der Waals surface area (Å²) in [5, 5.41) is 4.30. The number of carbonyl (C=O) groups is 2. The molecule has 44 heavy (non-hydrogen) atoms. The van der Waals surface area contributed by atoms with Gasteiger partial charge in [-0.2, -0.15) is 11.3 Å². The number of thiophene rings is 1. The summed E-state index contributed by atoms with van der Waals surface area (Å²) < 4.78 is 20.6. The van der Waals surface area contributed by atoms with E-state index < -0.39 is 5.60 Å². The molecule has 0 saturated carbocycles. The molecule has 1 amide bonds. The fraction of sp³-hybridized carbons (Fsp3) is 0.457. The number of esters is 1. The molecule has 2 aromatic heterocycles. The highest BCUT2D eigenvalue weighted by atomic mass is 32.1. The van der Waals surface area contributed by atoms with E-state index in [2.05, 4.69) is 26.7 Å². The van der Waals surface area contributed by atoms with E-state index in [-0.39, 0.29) is 30.2 Å². The zero-order chi connectivity index (χ0) is 31.3. The topological polar surface area (TPSA) is 67.7 Å². The maximum absolute atomic E-state index is 14.1. The van der Waals surface area contributed by atoms with Crippen molar-refractivity contribution < 1.29 is 18.7 Å². The highest BCUT2D eigenvalue weighted by molar-refractivity contribution is 7.08. The van der Waals surface area contributed by atoms with Gasteiger partial charge in [0.15, 0.2) is 0 Å². The molecule has 0 bridgehead atoms. The number of amides is 1. The highest BCUT2D eigenvalue weighted by Gasteiger charge is 2.26. The fourth-order valence-corrected chi connectivity index (χ4v) is 6.90. The fourth-order valence-electron chi connectivity index (χ4n) is 6.16. The molecule has 234 valence electrons. The van der Waals surface area contributed by atoms with Crippen molar-refractivity contribution in [2.45, 2.75) is 70.9 Å². The van der Waals surface area contributed by atoms with Crippen molar-refractivity contribution >= 4 is 34.2 Å². The van der Waals surface area contributed by atoms with Crippen LogP contribution in [0.3, 0.4) is 0 Å². The molecule has 4 aromatic rings. The van der Waals surface area contributed by atoms with E-state index in [1.54, 1.807) is 34.4 Å². The number of aromatic nitrogens is 2. The number of rotatable bonds is 11. The first-order valence-electron chi connectivity index (χ1n) is 15.6. The van der Waals surface area contributed by atoms with E-state index in [9.17, 15) is 14.0 Å². The van der Waals surface area contributed by atoms with Gasteiger partial charge in [0.05, 0.1) is 22.9 Å². The summed E-state index contributed by atoms with van der Waals surface area (Å²) in [4.78, 5) is 35.6. The third-order valence-corrected chi connectivity index (χ3v) is 9.14. The van der Waals surface area contributed by atoms with Crippen molar-refractivity contribution in [1.29, 1.82) is 0 Å². The summed E-state index contributed by atoms with van der Waals surface area (Å²) in [6.45, 7) is 11.7. The van der Waals surface area contributed by atoms with Crippen LogP contribution in [0.1, 0.15) is 80.3 Å². The largest absolute Gasteiger partial charge is 0.459 e. The minimum atomic E-state index is -0.597. The number of fused-ring (bicyclic) bond motifs is 1. The van der Waals surface area contributed by atoms with Gasteiger partial charge in [0.2, 0.25) is 0 Å². The van der Waals surface area contributed by atoms with Crippen molar-refractivity contribution in [2.24, 2.45) is 0 Å². The monoisotopic (exact) mass is 618 g/mol. The Morgan fingerprint density at radius 1 is 1.11 bits per heavy atom. The zero-order valence-corrected chi connectivity index (χ0v) is 27.0. The smallest absolute Gasteiger partial charge is 0.326 e. The van der Waals surface area contributed by atoms with Crippen LogP contribution in [0.2, 0.25) is 0 Å². The molecule has 1 fully saturated rings. The van der Waals surface area contributed by atoms with Gasteiger partial charge in [0.1, 0.15) is 18.0 Å². The summed E-state index contributed by atoms with van der Waals surface area (Å²) in [5.74, 6) is 0.0495. The summed E-state index contributed by atoms with van der Waals surface area (Å²) >= 11 is 1.68. The minimum absolute atomic E-state index is 0.0143. The zero-order valence-electron chi connectivity index (χ0n) is 26.2. The van der Waals surface area contributed by atoms with Crippen molar-refractivity contribution in [3.05, 3.63) is 88.1 Å². The Kier molecular flexibility index (Phi) is 10.2. The molecule has 1 aliphatic heterocycles. The van der Waals surface area contributed by atoms with E-state index in [1.165, 1.54) is 11.1 Å². The van der Waals surface area contributed by atoms with Gasteiger partial charge in [-0.15, -0.1) is 0 Å². The number of imidazole rings is 1. The molecule has 0 N–H and O–H groups in total. The number of hydrogen-bond donors (Lipinski definition) is 0. The van der Waals surface area contributed by atoms with E-state index in [1.807, 2.05) is 62.9 Å². The number of likely N-dealkylation sites (tertiary alicyclic amines) is 1. The molecular formula is C35H43FN4O3S. The molecule has 1 atom stereocenters. The number of halogens is 1. The Labute approximate surface area is 263 Å². The first kappa shape index (κ1) is 31.9. The lowest BCUT2D eigenvalue weighted by molar-refractivity contribution is -0.155. The van der Waals surface area contributed by atoms with E-state index in [0.717, 1.165) is 38.9 Å². The van der Waals surface area contributed by atoms with Gasteiger partial charge in [-0.05, 0) is 125 Å². The van der Waals surface area contributed by atoms with Crippen LogP contribution in [0.15, 0.2) is 65.6 Å². The third-order valence-electron chi connectivity index (χ3n) is 8.44. The predicted octanol–water partition coefficient (Wildman–Crippen LogP) is 7.09. The molecule has 0 spiro atoms. The number of piperidine rings is 1. The molecule has 7 nitrogen and oxygen atoms in total. The number of likely N-dealkylation sites (N-methyl/N-ethyl adjacent to an activating group) is 1. The lowest BCUT2D eigenvalue weighted by Crippen LogP contribution is -2.37. The first-order chi connectivity index (χ1) is 21.1. The number of nitrogens with zero attached hydrogens (tertiary/aromatic N) is 4. The second-order valence-electron chi connectivity index (χ2n) is 12.7. The predicted molar refractivity (Wildman–Crippen MR) is 174 cm³/mol.